The molecule has 7 nitrogen and oxygen atoms in total. The van der Waals surface area contributed by atoms with Gasteiger partial charge in [-0.3, -0.25) is 0 Å². The number of hydrogen-bond donors (Lipinski definition) is 2. The van der Waals surface area contributed by atoms with E-state index in [1.54, 1.807) is 30.3 Å². The van der Waals surface area contributed by atoms with E-state index in [2.05, 4.69) is 33.6 Å². The zero-order valence-electron chi connectivity index (χ0n) is 26.7. The van der Waals surface area contributed by atoms with Crippen LogP contribution in [-0.4, -0.2) is 37.2 Å². The van der Waals surface area contributed by atoms with E-state index >= 15 is 0 Å². The number of halogens is 3. The highest BCUT2D eigenvalue weighted by Gasteiger charge is 2.26. The van der Waals surface area contributed by atoms with Gasteiger partial charge < -0.3 is 14.4 Å². The number of carboxylic acid groups (broad SMARTS) is 1. The largest absolute Gasteiger partial charge is 0.493 e. The molecular weight excluding hydrogens is 715 g/mol. The molecule has 0 aliphatic heterocycles. The van der Waals surface area contributed by atoms with Gasteiger partial charge in [-0.1, -0.05) is 108 Å². The summed E-state index contributed by atoms with van der Waals surface area (Å²) in [6, 6.07) is 36.9. The van der Waals surface area contributed by atoms with Crippen molar-refractivity contribution in [2.24, 2.45) is 0 Å². The number of hydrogen-bond acceptors (Lipinski definition) is 4. The topological polar surface area (TPSA) is 97.6 Å². The summed E-state index contributed by atoms with van der Waals surface area (Å²) in [6.45, 7) is 0.431. The van der Waals surface area contributed by atoms with Crippen molar-refractivity contribution < 1.29 is 23.1 Å². The summed E-state index contributed by atoms with van der Waals surface area (Å²) in [6.07, 6.45) is 0.860. The Balaban J connectivity index is 1.39. The summed E-state index contributed by atoms with van der Waals surface area (Å²) >= 11 is 18.8. The molecule has 6 aromatic rings. The van der Waals surface area contributed by atoms with Crippen molar-refractivity contribution in [2.75, 3.05) is 13.2 Å². The number of sulfonamides is 1. The van der Waals surface area contributed by atoms with Crippen LogP contribution in [0.3, 0.4) is 0 Å². The molecule has 0 saturated carbocycles. The van der Waals surface area contributed by atoms with Gasteiger partial charge in [0.25, 0.3) is 0 Å². The fraction of sp³-hybridized carbons (Fsp3) is 0.154. The van der Waals surface area contributed by atoms with Crippen molar-refractivity contribution in [3.05, 3.63) is 170 Å². The maximum atomic E-state index is 13.3. The molecule has 256 valence electrons. The van der Waals surface area contributed by atoms with Crippen molar-refractivity contribution >= 4 is 61.7 Å². The maximum absolute atomic E-state index is 13.3. The molecule has 0 radical (unpaired) electrons. The van der Waals surface area contributed by atoms with Crippen molar-refractivity contribution in [3.8, 4) is 5.75 Å². The average Bonchev–Trinajstić information content (AvgIpc) is 3.39. The van der Waals surface area contributed by atoms with Gasteiger partial charge in [-0.15, -0.1) is 0 Å². The third-order valence-corrected chi connectivity index (χ3v) is 10.8. The van der Waals surface area contributed by atoms with Gasteiger partial charge in [-0.25, -0.2) is 17.9 Å². The van der Waals surface area contributed by atoms with Crippen LogP contribution in [-0.2, 0) is 28.6 Å². The molecule has 5 aromatic carbocycles. The third kappa shape index (κ3) is 8.34. The highest BCUT2D eigenvalue weighted by atomic mass is 35.5. The number of rotatable bonds is 14. The van der Waals surface area contributed by atoms with Crippen molar-refractivity contribution in [2.45, 2.75) is 24.6 Å². The van der Waals surface area contributed by atoms with E-state index in [9.17, 15) is 18.3 Å². The second-order valence-electron chi connectivity index (χ2n) is 11.8. The Hall–Kier alpha value is -4.31. The van der Waals surface area contributed by atoms with Gasteiger partial charge in [0.05, 0.1) is 39.5 Å². The van der Waals surface area contributed by atoms with Crippen LogP contribution in [0.1, 0.15) is 44.3 Å². The Morgan fingerprint density at radius 1 is 0.780 bits per heavy atom. The molecule has 0 bridgehead atoms. The lowest BCUT2D eigenvalue weighted by Crippen LogP contribution is -2.28. The van der Waals surface area contributed by atoms with Crippen LogP contribution in [0.25, 0.3) is 10.9 Å². The first-order valence-electron chi connectivity index (χ1n) is 15.9. The molecule has 1 aromatic heterocycles. The number of aromatic carboxylic acids is 1. The van der Waals surface area contributed by atoms with Crippen LogP contribution in [0, 0.1) is 0 Å². The minimum Gasteiger partial charge on any atom is -0.493 e. The lowest BCUT2D eigenvalue weighted by atomic mass is 9.97. The minimum absolute atomic E-state index is 0.133. The van der Waals surface area contributed by atoms with Crippen molar-refractivity contribution in [3.63, 3.8) is 0 Å². The zero-order valence-corrected chi connectivity index (χ0v) is 29.8. The molecule has 0 amide bonds. The summed E-state index contributed by atoms with van der Waals surface area (Å²) in [4.78, 5) is 11.3. The molecule has 50 heavy (non-hydrogen) atoms. The second kappa shape index (κ2) is 15.7. The summed E-state index contributed by atoms with van der Waals surface area (Å²) in [7, 11) is -3.73. The van der Waals surface area contributed by atoms with Gasteiger partial charge in [0.1, 0.15) is 5.75 Å². The quantitative estimate of drug-likeness (QED) is 0.116. The average molecular weight is 748 g/mol. The number of benzene rings is 5. The van der Waals surface area contributed by atoms with Gasteiger partial charge in [-0.05, 0) is 70.8 Å². The van der Waals surface area contributed by atoms with Crippen LogP contribution < -0.4 is 9.46 Å². The zero-order chi connectivity index (χ0) is 35.3. The molecule has 1 heterocycles. The predicted octanol–water partition coefficient (Wildman–Crippen LogP) is 9.22. The van der Waals surface area contributed by atoms with Gasteiger partial charge in [0, 0.05) is 35.5 Å². The first-order valence-corrected chi connectivity index (χ1v) is 18.7. The first-order chi connectivity index (χ1) is 24.1. The number of ether oxygens (including phenoxy) is 1. The molecule has 2 N–H and O–H groups in total. The Labute approximate surface area is 306 Å². The van der Waals surface area contributed by atoms with Crippen LogP contribution in [0.5, 0.6) is 5.75 Å². The smallest absolute Gasteiger partial charge is 0.335 e. The van der Waals surface area contributed by atoms with Gasteiger partial charge in [0.15, 0.2) is 0 Å². The maximum Gasteiger partial charge on any atom is 0.335 e. The fourth-order valence-electron chi connectivity index (χ4n) is 6.20. The van der Waals surface area contributed by atoms with E-state index in [0.717, 1.165) is 33.3 Å². The van der Waals surface area contributed by atoms with E-state index in [-0.39, 0.29) is 23.9 Å². The Morgan fingerprint density at radius 3 is 2.06 bits per heavy atom. The standard InChI is InChI=1S/C39H33Cl3N2O5S/c40-30-14-17-32-33(20-22-49-31-15-12-29(13-16-31)39(45)46)36(19-21-43-50(47,48)25-26-11-18-34(41)35(42)23-26)44(37(32)24-30)38(27-7-3-1-4-8-27)28-9-5-2-6-10-28/h1-18,23-24,38,43H,19-22,25H2,(H,45,46). The van der Waals surface area contributed by atoms with Crippen molar-refractivity contribution in [1.82, 2.24) is 9.29 Å². The number of carboxylic acids is 1. The lowest BCUT2D eigenvalue weighted by molar-refractivity contribution is 0.0697. The van der Waals surface area contributed by atoms with E-state index < -0.39 is 16.0 Å². The Morgan fingerprint density at radius 2 is 1.44 bits per heavy atom. The summed E-state index contributed by atoms with van der Waals surface area (Å²) < 4.78 is 37.7. The van der Waals surface area contributed by atoms with E-state index in [0.29, 0.717) is 45.8 Å². The number of fused-ring (bicyclic) bond motifs is 1. The third-order valence-electron chi connectivity index (χ3n) is 8.42. The first kappa shape index (κ1) is 35.5. The number of nitrogens with one attached hydrogen (secondary N) is 1. The predicted molar refractivity (Wildman–Crippen MR) is 200 cm³/mol. The summed E-state index contributed by atoms with van der Waals surface area (Å²) in [5.74, 6) is -0.711. The SMILES string of the molecule is O=C(O)c1ccc(OCCc2c(CCNS(=O)(=O)Cc3ccc(Cl)c(Cl)c3)n(C(c3ccccc3)c3ccccc3)c3cc(Cl)ccc23)cc1. The Bertz CT molecular complexity index is 2190. The fourth-order valence-corrected chi connectivity index (χ4v) is 7.82. The van der Waals surface area contributed by atoms with E-state index in [4.69, 9.17) is 39.5 Å². The molecule has 0 spiro atoms. The van der Waals surface area contributed by atoms with Crippen LogP contribution in [0.15, 0.2) is 121 Å². The highest BCUT2D eigenvalue weighted by molar-refractivity contribution is 7.88. The minimum atomic E-state index is -3.73. The molecule has 0 unspecified atom stereocenters. The molecule has 11 heteroatoms. The molecule has 0 fully saturated rings. The van der Waals surface area contributed by atoms with E-state index in [1.165, 1.54) is 12.1 Å². The molecule has 0 atom stereocenters. The number of carbonyl (C=O) groups is 1. The summed E-state index contributed by atoms with van der Waals surface area (Å²) in [5, 5.41) is 11.5. The summed E-state index contributed by atoms with van der Waals surface area (Å²) in [5.41, 5.74) is 5.65. The normalized spacial score (nSPS) is 11.7. The van der Waals surface area contributed by atoms with Gasteiger partial charge in [-0.2, -0.15) is 0 Å². The lowest BCUT2D eigenvalue weighted by Gasteiger charge is -2.25. The monoisotopic (exact) mass is 746 g/mol. The van der Waals surface area contributed by atoms with Crippen LogP contribution in [0.4, 0.5) is 0 Å². The Kier molecular flexibility index (Phi) is 11.2. The molecule has 0 saturated heterocycles. The number of aromatic nitrogens is 1. The van der Waals surface area contributed by atoms with Crippen LogP contribution in [0.2, 0.25) is 15.1 Å². The molecule has 6 rings (SSSR count). The van der Waals surface area contributed by atoms with Gasteiger partial charge >= 0.3 is 5.97 Å². The van der Waals surface area contributed by atoms with E-state index in [1.807, 2.05) is 54.6 Å². The molecule has 0 aliphatic rings. The van der Waals surface area contributed by atoms with Crippen molar-refractivity contribution in [1.29, 1.82) is 0 Å². The molecule has 0 aliphatic carbocycles. The second-order valence-corrected chi connectivity index (χ2v) is 14.8. The van der Waals surface area contributed by atoms with Gasteiger partial charge in [0.2, 0.25) is 10.0 Å². The highest BCUT2D eigenvalue weighted by Crippen LogP contribution is 2.38. The molecular formula is C39H33Cl3N2O5S. The van der Waals surface area contributed by atoms with Crippen LogP contribution >= 0.6 is 34.8 Å². The number of nitrogens with zero attached hydrogens (tertiary/aromatic N) is 1.